The van der Waals surface area contributed by atoms with Gasteiger partial charge < -0.3 is 5.32 Å². The number of hydrogen-bond donors (Lipinski definition) is 1. The first-order chi connectivity index (χ1) is 12.5. The van der Waals surface area contributed by atoms with Gasteiger partial charge in [-0.2, -0.15) is 17.0 Å². The second kappa shape index (κ2) is 8.50. The first kappa shape index (κ1) is 19.3. The molecule has 2 fully saturated rings. The molecular formula is C19H29N3O3S. The number of benzene rings is 1. The summed E-state index contributed by atoms with van der Waals surface area (Å²) in [4.78, 5) is 12.6. The summed E-state index contributed by atoms with van der Waals surface area (Å²) < 4.78 is 28.6. The Bertz CT molecular complexity index is 694. The van der Waals surface area contributed by atoms with Gasteiger partial charge >= 0.3 is 0 Å². The minimum atomic E-state index is -3.37. The third-order valence-corrected chi connectivity index (χ3v) is 7.49. The summed E-state index contributed by atoms with van der Waals surface area (Å²) in [6, 6.07) is 9.83. The second-order valence-corrected chi connectivity index (χ2v) is 9.21. The molecule has 26 heavy (non-hydrogen) atoms. The van der Waals surface area contributed by atoms with E-state index in [0.29, 0.717) is 39.0 Å². The molecule has 1 amide bonds. The van der Waals surface area contributed by atoms with Crippen molar-refractivity contribution in [3.63, 3.8) is 0 Å². The average Bonchev–Trinajstić information content (AvgIpc) is 2.69. The average molecular weight is 380 g/mol. The number of nitrogens with zero attached hydrogens (tertiary/aromatic N) is 2. The van der Waals surface area contributed by atoms with E-state index in [1.807, 2.05) is 37.3 Å². The summed E-state index contributed by atoms with van der Waals surface area (Å²) in [5, 5.41) is 3.07. The minimum Gasteiger partial charge on any atom is -0.349 e. The van der Waals surface area contributed by atoms with Crippen LogP contribution in [0.5, 0.6) is 0 Å². The van der Waals surface area contributed by atoms with Crippen molar-refractivity contribution >= 4 is 16.1 Å². The summed E-state index contributed by atoms with van der Waals surface area (Å²) >= 11 is 0. The first-order valence-electron chi connectivity index (χ1n) is 9.59. The highest BCUT2D eigenvalue weighted by molar-refractivity contribution is 7.86. The predicted octanol–water partition coefficient (Wildman–Crippen LogP) is 2.31. The van der Waals surface area contributed by atoms with Gasteiger partial charge in [0, 0.05) is 32.1 Å². The van der Waals surface area contributed by atoms with E-state index in [4.69, 9.17) is 0 Å². The van der Waals surface area contributed by atoms with Crippen molar-refractivity contribution in [3.05, 3.63) is 35.9 Å². The zero-order valence-electron chi connectivity index (χ0n) is 15.4. The van der Waals surface area contributed by atoms with E-state index in [0.717, 1.165) is 24.8 Å². The molecule has 0 spiro atoms. The van der Waals surface area contributed by atoms with Gasteiger partial charge in [-0.05, 0) is 38.2 Å². The molecule has 2 saturated heterocycles. The monoisotopic (exact) mass is 379 g/mol. The first-order valence-corrected chi connectivity index (χ1v) is 11.0. The van der Waals surface area contributed by atoms with E-state index in [1.54, 1.807) is 8.61 Å². The Kier molecular flexibility index (Phi) is 6.32. The van der Waals surface area contributed by atoms with Gasteiger partial charge in [0.05, 0.1) is 6.04 Å². The van der Waals surface area contributed by atoms with Crippen LogP contribution in [0.15, 0.2) is 30.3 Å². The van der Waals surface area contributed by atoms with E-state index in [9.17, 15) is 13.2 Å². The third-order valence-electron chi connectivity index (χ3n) is 5.45. The molecule has 1 unspecified atom stereocenters. The largest absolute Gasteiger partial charge is 0.349 e. The fourth-order valence-corrected chi connectivity index (χ4v) is 5.48. The Morgan fingerprint density at radius 3 is 2.19 bits per heavy atom. The number of carbonyl (C=O) groups is 1. The quantitative estimate of drug-likeness (QED) is 0.853. The van der Waals surface area contributed by atoms with Crippen LogP contribution in [0.2, 0.25) is 0 Å². The summed E-state index contributed by atoms with van der Waals surface area (Å²) in [6.07, 6.45) is 4.15. The number of nitrogens with one attached hydrogen (secondary N) is 1. The molecular weight excluding hydrogens is 350 g/mol. The zero-order chi connectivity index (χ0) is 18.6. The number of hydrogen-bond acceptors (Lipinski definition) is 3. The molecule has 0 bridgehead atoms. The third kappa shape index (κ3) is 4.45. The van der Waals surface area contributed by atoms with Gasteiger partial charge in [0.25, 0.3) is 10.2 Å². The highest BCUT2D eigenvalue weighted by Gasteiger charge is 2.35. The molecule has 0 aliphatic carbocycles. The van der Waals surface area contributed by atoms with Crippen LogP contribution in [0.25, 0.3) is 0 Å². The SMILES string of the molecule is CC(NC(=O)C1CCN(S(=O)(=O)N2CCCCC2)CC1)c1ccccc1. The highest BCUT2D eigenvalue weighted by Crippen LogP contribution is 2.24. The number of amides is 1. The molecule has 144 valence electrons. The van der Waals surface area contributed by atoms with Crippen LogP contribution in [0.4, 0.5) is 0 Å². The molecule has 2 aliphatic heterocycles. The molecule has 7 heteroatoms. The molecule has 1 atom stereocenters. The van der Waals surface area contributed by atoms with Gasteiger partial charge in [0.2, 0.25) is 5.91 Å². The lowest BCUT2D eigenvalue weighted by Gasteiger charge is -2.36. The van der Waals surface area contributed by atoms with Crippen LogP contribution in [-0.2, 0) is 15.0 Å². The number of carbonyl (C=O) groups excluding carboxylic acids is 1. The molecule has 0 radical (unpaired) electrons. The fourth-order valence-electron chi connectivity index (χ4n) is 3.76. The van der Waals surface area contributed by atoms with Crippen LogP contribution in [0.3, 0.4) is 0 Å². The summed E-state index contributed by atoms with van der Waals surface area (Å²) in [5.74, 6) is -0.0923. The van der Waals surface area contributed by atoms with Crippen LogP contribution in [-0.4, -0.2) is 49.1 Å². The Hall–Kier alpha value is -1.44. The number of rotatable bonds is 5. The van der Waals surface area contributed by atoms with Crippen LogP contribution < -0.4 is 5.32 Å². The lowest BCUT2D eigenvalue weighted by atomic mass is 9.96. The predicted molar refractivity (Wildman–Crippen MR) is 102 cm³/mol. The van der Waals surface area contributed by atoms with Gasteiger partial charge in [-0.25, -0.2) is 0 Å². The van der Waals surface area contributed by atoms with Gasteiger partial charge in [-0.15, -0.1) is 0 Å². The molecule has 2 aliphatic rings. The maximum absolute atomic E-state index is 12.7. The normalized spacial score (nSPS) is 22.0. The summed E-state index contributed by atoms with van der Waals surface area (Å²) in [5.41, 5.74) is 1.07. The van der Waals surface area contributed by atoms with E-state index in [-0.39, 0.29) is 17.9 Å². The van der Waals surface area contributed by atoms with E-state index in [1.165, 1.54) is 0 Å². The Balaban J connectivity index is 1.52. The summed E-state index contributed by atoms with van der Waals surface area (Å²) in [7, 11) is -3.37. The van der Waals surface area contributed by atoms with Crippen LogP contribution in [0.1, 0.15) is 50.6 Å². The Morgan fingerprint density at radius 1 is 1.00 bits per heavy atom. The van der Waals surface area contributed by atoms with E-state index < -0.39 is 10.2 Å². The molecule has 1 aromatic rings. The fraction of sp³-hybridized carbons (Fsp3) is 0.632. The maximum Gasteiger partial charge on any atom is 0.281 e. The molecule has 1 N–H and O–H groups in total. The molecule has 0 saturated carbocycles. The van der Waals surface area contributed by atoms with Crippen molar-refractivity contribution < 1.29 is 13.2 Å². The molecule has 0 aromatic heterocycles. The lowest BCUT2D eigenvalue weighted by Crippen LogP contribution is -2.50. The van der Waals surface area contributed by atoms with Gasteiger partial charge in [0.1, 0.15) is 0 Å². The topological polar surface area (TPSA) is 69.7 Å². The Labute approximate surface area is 156 Å². The van der Waals surface area contributed by atoms with E-state index >= 15 is 0 Å². The zero-order valence-corrected chi connectivity index (χ0v) is 16.2. The summed E-state index contributed by atoms with van der Waals surface area (Å²) in [6.45, 7) is 4.07. The molecule has 1 aromatic carbocycles. The standard InChI is InChI=1S/C19H29N3O3S/c1-16(17-8-4-2-5-9-17)20-19(23)18-10-14-22(15-11-18)26(24,25)21-12-6-3-7-13-21/h2,4-5,8-9,16,18H,3,6-7,10-15H2,1H3,(H,20,23). The van der Waals surface area contributed by atoms with Crippen molar-refractivity contribution in [1.29, 1.82) is 0 Å². The van der Waals surface area contributed by atoms with Gasteiger partial charge in [-0.3, -0.25) is 4.79 Å². The number of piperidine rings is 2. The van der Waals surface area contributed by atoms with Crippen molar-refractivity contribution in [2.45, 2.75) is 45.1 Å². The van der Waals surface area contributed by atoms with Crippen molar-refractivity contribution in [2.75, 3.05) is 26.2 Å². The van der Waals surface area contributed by atoms with Crippen LogP contribution >= 0.6 is 0 Å². The van der Waals surface area contributed by atoms with Crippen molar-refractivity contribution in [1.82, 2.24) is 13.9 Å². The second-order valence-electron chi connectivity index (χ2n) is 7.28. The van der Waals surface area contributed by atoms with E-state index in [2.05, 4.69) is 5.32 Å². The van der Waals surface area contributed by atoms with Gasteiger partial charge in [-0.1, -0.05) is 36.8 Å². The minimum absolute atomic E-state index is 0.0244. The van der Waals surface area contributed by atoms with Crippen LogP contribution in [0, 0.1) is 5.92 Å². The lowest BCUT2D eigenvalue weighted by molar-refractivity contribution is -0.126. The van der Waals surface area contributed by atoms with Crippen molar-refractivity contribution in [3.8, 4) is 0 Å². The maximum atomic E-state index is 12.7. The molecule has 6 nitrogen and oxygen atoms in total. The molecule has 2 heterocycles. The molecule has 3 rings (SSSR count). The smallest absolute Gasteiger partial charge is 0.281 e. The highest BCUT2D eigenvalue weighted by atomic mass is 32.2. The van der Waals surface area contributed by atoms with Gasteiger partial charge in [0.15, 0.2) is 0 Å². The Morgan fingerprint density at radius 2 is 1.58 bits per heavy atom. The van der Waals surface area contributed by atoms with Crippen molar-refractivity contribution in [2.24, 2.45) is 5.92 Å².